The highest BCUT2D eigenvalue weighted by Crippen LogP contribution is 2.30. The smallest absolute Gasteiger partial charge is 0.252 e. The molecule has 3 aromatic rings. The van der Waals surface area contributed by atoms with Crippen molar-refractivity contribution in [3.05, 3.63) is 29.8 Å². The van der Waals surface area contributed by atoms with Crippen LogP contribution in [0.2, 0.25) is 0 Å². The van der Waals surface area contributed by atoms with E-state index in [-0.39, 0.29) is 23.4 Å². The number of nitrogens with two attached hydrogens (primary N) is 1. The molecular formula is C22H27N9O2. The number of amides is 2. The van der Waals surface area contributed by atoms with Crippen LogP contribution in [0.1, 0.15) is 36.8 Å². The van der Waals surface area contributed by atoms with E-state index in [9.17, 15) is 14.9 Å². The molecule has 0 radical (unpaired) electrons. The molecule has 0 bridgehead atoms. The molecular weight excluding hydrogens is 422 g/mol. The van der Waals surface area contributed by atoms with Gasteiger partial charge in [-0.1, -0.05) is 6.92 Å². The van der Waals surface area contributed by atoms with Crippen LogP contribution in [0.4, 0.5) is 5.69 Å². The molecule has 0 unspecified atom stereocenters. The molecule has 3 N–H and O–H groups in total. The minimum atomic E-state index is -1.10. The van der Waals surface area contributed by atoms with Crippen molar-refractivity contribution in [1.82, 2.24) is 29.3 Å². The molecule has 3 aromatic heterocycles. The molecule has 2 amide bonds. The first-order valence-electron chi connectivity index (χ1n) is 10.7. The van der Waals surface area contributed by atoms with Crippen molar-refractivity contribution >= 4 is 23.1 Å². The summed E-state index contributed by atoms with van der Waals surface area (Å²) in [6, 6.07) is 1.91. The molecule has 0 aromatic carbocycles. The number of carbonyl (C=O) groups excluding carboxylic acids is 2. The van der Waals surface area contributed by atoms with Gasteiger partial charge in [-0.15, -0.1) is 0 Å². The maximum absolute atomic E-state index is 12.8. The lowest BCUT2D eigenvalue weighted by Crippen LogP contribution is -2.40. The average Bonchev–Trinajstić information content (AvgIpc) is 3.44. The van der Waals surface area contributed by atoms with Crippen LogP contribution in [0.3, 0.4) is 0 Å². The molecule has 33 heavy (non-hydrogen) atoms. The van der Waals surface area contributed by atoms with E-state index < -0.39 is 11.3 Å². The van der Waals surface area contributed by atoms with Crippen molar-refractivity contribution in [2.75, 3.05) is 18.4 Å². The van der Waals surface area contributed by atoms with Crippen molar-refractivity contribution < 1.29 is 9.59 Å². The topological polar surface area (TPSA) is 147 Å². The Bertz CT molecular complexity index is 1300. The number of nitriles is 1. The molecule has 1 saturated heterocycles. The maximum Gasteiger partial charge on any atom is 0.252 e. The molecule has 0 saturated carbocycles. The van der Waals surface area contributed by atoms with Gasteiger partial charge in [-0.2, -0.15) is 15.5 Å². The lowest BCUT2D eigenvalue weighted by atomic mass is 9.94. The van der Waals surface area contributed by atoms with Gasteiger partial charge in [0.15, 0.2) is 5.65 Å². The molecule has 11 nitrogen and oxygen atoms in total. The maximum atomic E-state index is 12.8. The van der Waals surface area contributed by atoms with Crippen molar-refractivity contribution in [2.45, 2.75) is 33.7 Å². The third kappa shape index (κ3) is 3.88. The first-order valence-corrected chi connectivity index (χ1v) is 10.7. The summed E-state index contributed by atoms with van der Waals surface area (Å²) < 4.78 is 3.31. The summed E-state index contributed by atoms with van der Waals surface area (Å²) in [5.41, 5.74) is 8.04. The van der Waals surface area contributed by atoms with Gasteiger partial charge >= 0.3 is 0 Å². The molecule has 1 fully saturated rings. The Hall–Kier alpha value is -3.94. The fourth-order valence-corrected chi connectivity index (χ4v) is 4.19. The van der Waals surface area contributed by atoms with Gasteiger partial charge in [0, 0.05) is 37.9 Å². The van der Waals surface area contributed by atoms with Crippen LogP contribution in [0.15, 0.2) is 18.6 Å². The Balaban J connectivity index is 1.71. The van der Waals surface area contributed by atoms with Gasteiger partial charge < -0.3 is 16.0 Å². The largest absolute Gasteiger partial charge is 0.376 e. The summed E-state index contributed by atoms with van der Waals surface area (Å²) in [7, 11) is 1.84. The van der Waals surface area contributed by atoms with E-state index in [0.29, 0.717) is 30.1 Å². The predicted octanol–water partition coefficient (Wildman–Crippen LogP) is 1.35. The molecule has 0 spiro atoms. The molecule has 1 aliphatic rings. The Morgan fingerprint density at radius 1 is 1.30 bits per heavy atom. The molecule has 4 rings (SSSR count). The first-order chi connectivity index (χ1) is 15.5. The second-order valence-electron chi connectivity index (χ2n) is 9.17. The molecule has 2 atom stereocenters. The third-order valence-electron chi connectivity index (χ3n) is 6.09. The zero-order valence-corrected chi connectivity index (χ0v) is 19.3. The fourth-order valence-electron chi connectivity index (χ4n) is 4.19. The van der Waals surface area contributed by atoms with Gasteiger partial charge in [0.05, 0.1) is 41.1 Å². The van der Waals surface area contributed by atoms with Gasteiger partial charge in [-0.25, -0.2) is 9.50 Å². The number of aryl methyl sites for hydroxylation is 2. The van der Waals surface area contributed by atoms with Crippen LogP contribution < -0.4 is 11.1 Å². The van der Waals surface area contributed by atoms with Gasteiger partial charge in [-0.05, 0) is 26.7 Å². The van der Waals surface area contributed by atoms with Gasteiger partial charge in [0.25, 0.3) is 5.91 Å². The fraction of sp³-hybridized carbons (Fsp3) is 0.455. The number of hydrogen-bond acceptors (Lipinski definition) is 7. The summed E-state index contributed by atoms with van der Waals surface area (Å²) in [5.74, 6) is -0.766. The Labute approximate surface area is 191 Å². The minimum absolute atomic E-state index is 0.0763. The summed E-state index contributed by atoms with van der Waals surface area (Å²) in [5, 5.41) is 21.4. The van der Waals surface area contributed by atoms with E-state index in [1.165, 1.54) is 6.20 Å². The van der Waals surface area contributed by atoms with Gasteiger partial charge in [0.2, 0.25) is 5.91 Å². The van der Waals surface area contributed by atoms with E-state index >= 15 is 0 Å². The van der Waals surface area contributed by atoms with E-state index in [0.717, 1.165) is 11.3 Å². The van der Waals surface area contributed by atoms with Crippen LogP contribution >= 0.6 is 0 Å². The third-order valence-corrected chi connectivity index (χ3v) is 6.09. The quantitative estimate of drug-likeness (QED) is 0.597. The number of hydrogen-bond donors (Lipinski definition) is 2. The van der Waals surface area contributed by atoms with E-state index in [4.69, 9.17) is 10.7 Å². The number of rotatable bonds is 5. The summed E-state index contributed by atoms with van der Waals surface area (Å²) in [6.07, 6.45) is 5.07. The number of carbonyl (C=O) groups is 2. The highest BCUT2D eigenvalue weighted by molar-refractivity contribution is 6.01. The average molecular weight is 450 g/mol. The number of anilines is 1. The SMILES string of the molecule is Cc1nn(C)cc1-c1cn2ncc(C(N)=O)c(N[C@@H]3CN(C(=O)C(C)(C)C#N)C[C@@H]3C)c2n1. The molecule has 172 valence electrons. The van der Waals surface area contributed by atoms with Crippen LogP contribution in [-0.2, 0) is 11.8 Å². The zero-order chi connectivity index (χ0) is 24.1. The van der Waals surface area contributed by atoms with Crippen molar-refractivity contribution in [3.8, 4) is 17.3 Å². The van der Waals surface area contributed by atoms with Crippen LogP contribution in [-0.4, -0.2) is 60.2 Å². The van der Waals surface area contributed by atoms with Crippen LogP contribution in [0, 0.1) is 29.6 Å². The van der Waals surface area contributed by atoms with Crippen LogP contribution in [0.5, 0.6) is 0 Å². The number of nitrogens with zero attached hydrogens (tertiary/aromatic N) is 7. The Morgan fingerprint density at radius 3 is 2.64 bits per heavy atom. The van der Waals surface area contributed by atoms with E-state index in [1.54, 1.807) is 34.1 Å². The predicted molar refractivity (Wildman–Crippen MR) is 121 cm³/mol. The number of imidazole rings is 1. The van der Waals surface area contributed by atoms with Gasteiger partial charge in [0.1, 0.15) is 5.41 Å². The summed E-state index contributed by atoms with van der Waals surface area (Å²) in [4.78, 5) is 31.4. The molecule has 4 heterocycles. The molecule has 0 aliphatic carbocycles. The normalized spacial score (nSPS) is 18.5. The van der Waals surface area contributed by atoms with Crippen molar-refractivity contribution in [3.63, 3.8) is 0 Å². The lowest BCUT2D eigenvalue weighted by molar-refractivity contribution is -0.136. The zero-order valence-electron chi connectivity index (χ0n) is 19.3. The van der Waals surface area contributed by atoms with Crippen molar-refractivity contribution in [2.24, 2.45) is 24.1 Å². The Morgan fingerprint density at radius 2 is 2.03 bits per heavy atom. The standard InChI is InChI=1S/C22H27N9O2/c1-12-7-30(21(33)22(3,4)11-23)9-16(12)26-18-14(19(24)32)6-25-31-10-17(27-20(18)31)15-8-29(5)28-13(15)2/h6,8,10,12,16,26H,7,9H2,1-5H3,(H2,24,32)/t12-,16+/m0/s1. The van der Waals surface area contributed by atoms with Crippen molar-refractivity contribution in [1.29, 1.82) is 5.26 Å². The first kappa shape index (κ1) is 22.3. The number of likely N-dealkylation sites (tertiary alicyclic amines) is 1. The highest BCUT2D eigenvalue weighted by atomic mass is 16.2. The van der Waals surface area contributed by atoms with Crippen LogP contribution in [0.25, 0.3) is 16.9 Å². The molecule has 1 aliphatic heterocycles. The lowest BCUT2D eigenvalue weighted by Gasteiger charge is -2.24. The second kappa shape index (κ2) is 7.88. The number of aromatic nitrogens is 5. The van der Waals surface area contributed by atoms with E-state index in [2.05, 4.69) is 21.6 Å². The monoisotopic (exact) mass is 449 g/mol. The number of primary amides is 1. The second-order valence-corrected chi connectivity index (χ2v) is 9.17. The summed E-state index contributed by atoms with van der Waals surface area (Å²) in [6.45, 7) is 8.05. The molecule has 11 heteroatoms. The van der Waals surface area contributed by atoms with E-state index in [1.807, 2.05) is 27.1 Å². The van der Waals surface area contributed by atoms with Gasteiger partial charge in [-0.3, -0.25) is 14.3 Å². The number of nitrogens with one attached hydrogen (secondary N) is 1. The number of fused-ring (bicyclic) bond motifs is 1. The summed E-state index contributed by atoms with van der Waals surface area (Å²) >= 11 is 0. The minimum Gasteiger partial charge on any atom is -0.376 e. The Kier molecular flexibility index (Phi) is 5.32. The highest BCUT2D eigenvalue weighted by Gasteiger charge is 2.39.